The van der Waals surface area contributed by atoms with Crippen molar-refractivity contribution < 1.29 is 4.42 Å². The van der Waals surface area contributed by atoms with E-state index in [2.05, 4.69) is 144 Å². The van der Waals surface area contributed by atoms with Gasteiger partial charge in [-0.15, -0.1) is 0 Å². The minimum atomic E-state index is 0.687. The Morgan fingerprint density at radius 1 is 0.440 bits per heavy atom. The van der Waals surface area contributed by atoms with Crippen LogP contribution in [-0.2, 0) is 0 Å². The van der Waals surface area contributed by atoms with Crippen molar-refractivity contribution in [1.29, 1.82) is 0 Å². The molecule has 4 heteroatoms. The van der Waals surface area contributed by atoms with Gasteiger partial charge in [-0.2, -0.15) is 0 Å². The molecule has 11 rings (SSSR count). The van der Waals surface area contributed by atoms with Crippen molar-refractivity contribution in [2.75, 3.05) is 0 Å². The van der Waals surface area contributed by atoms with Gasteiger partial charge in [0, 0.05) is 43.7 Å². The molecular formula is C46H27N3O. The van der Waals surface area contributed by atoms with Crippen LogP contribution in [0.15, 0.2) is 168 Å². The molecule has 3 aromatic heterocycles. The van der Waals surface area contributed by atoms with Crippen LogP contribution in [0.5, 0.6) is 0 Å². The van der Waals surface area contributed by atoms with Gasteiger partial charge in [-0.1, -0.05) is 109 Å². The summed E-state index contributed by atoms with van der Waals surface area (Å²) in [4.78, 5) is 10.3. The maximum Gasteiger partial charge on any atom is 0.160 e. The van der Waals surface area contributed by atoms with Crippen LogP contribution in [0.4, 0.5) is 0 Å². The zero-order valence-electron chi connectivity index (χ0n) is 26.8. The Bertz CT molecular complexity index is 3170. The average Bonchev–Trinajstić information content (AvgIpc) is 3.72. The topological polar surface area (TPSA) is 43.9 Å². The minimum Gasteiger partial charge on any atom is -0.455 e. The Balaban J connectivity index is 1.07. The van der Waals surface area contributed by atoms with Crippen LogP contribution in [0.3, 0.4) is 0 Å². The first-order valence-electron chi connectivity index (χ1n) is 16.9. The molecule has 8 aromatic carbocycles. The molecule has 50 heavy (non-hydrogen) atoms. The van der Waals surface area contributed by atoms with Crippen LogP contribution in [0, 0.1) is 0 Å². The van der Waals surface area contributed by atoms with Gasteiger partial charge >= 0.3 is 0 Å². The molecule has 0 aliphatic rings. The molecule has 11 aromatic rings. The van der Waals surface area contributed by atoms with E-state index in [1.165, 1.54) is 32.6 Å². The zero-order chi connectivity index (χ0) is 32.8. The van der Waals surface area contributed by atoms with E-state index in [0.29, 0.717) is 5.82 Å². The second-order valence-corrected chi connectivity index (χ2v) is 13.0. The molecule has 0 unspecified atom stereocenters. The highest BCUT2D eigenvalue weighted by atomic mass is 16.3. The van der Waals surface area contributed by atoms with Crippen LogP contribution in [-0.4, -0.2) is 14.5 Å². The van der Waals surface area contributed by atoms with Crippen molar-refractivity contribution in [2.45, 2.75) is 0 Å². The highest BCUT2D eigenvalue weighted by molar-refractivity contribution is 6.14. The summed E-state index contributed by atoms with van der Waals surface area (Å²) >= 11 is 0. The number of furan rings is 1. The molecule has 0 saturated heterocycles. The van der Waals surface area contributed by atoms with Crippen LogP contribution in [0.25, 0.3) is 105 Å². The van der Waals surface area contributed by atoms with Crippen molar-refractivity contribution in [2.24, 2.45) is 0 Å². The predicted molar refractivity (Wildman–Crippen MR) is 207 cm³/mol. The summed E-state index contributed by atoms with van der Waals surface area (Å²) in [7, 11) is 0. The molecule has 0 bridgehead atoms. The molecule has 0 radical (unpaired) electrons. The quantitative estimate of drug-likeness (QED) is 0.194. The summed E-state index contributed by atoms with van der Waals surface area (Å²) in [6.45, 7) is 0. The molecular weight excluding hydrogens is 611 g/mol. The summed E-state index contributed by atoms with van der Waals surface area (Å²) in [6, 6.07) is 57.9. The molecule has 0 amide bonds. The van der Waals surface area contributed by atoms with Crippen molar-refractivity contribution in [3.8, 4) is 28.3 Å². The summed E-state index contributed by atoms with van der Waals surface area (Å²) in [5.41, 5.74) is 8.95. The summed E-state index contributed by atoms with van der Waals surface area (Å²) in [5, 5.41) is 10.5. The van der Waals surface area contributed by atoms with Gasteiger partial charge in [0.05, 0.1) is 22.2 Å². The molecule has 0 aliphatic heterocycles. The van der Waals surface area contributed by atoms with Crippen LogP contribution in [0.2, 0.25) is 0 Å². The summed E-state index contributed by atoms with van der Waals surface area (Å²) < 4.78 is 8.83. The molecule has 232 valence electrons. The monoisotopic (exact) mass is 637 g/mol. The van der Waals surface area contributed by atoms with Gasteiger partial charge in [0.2, 0.25) is 0 Å². The van der Waals surface area contributed by atoms with E-state index in [0.717, 1.165) is 66.1 Å². The Morgan fingerprint density at radius 2 is 1.14 bits per heavy atom. The van der Waals surface area contributed by atoms with Gasteiger partial charge in [0.1, 0.15) is 11.2 Å². The fourth-order valence-corrected chi connectivity index (χ4v) is 7.79. The van der Waals surface area contributed by atoms with Crippen molar-refractivity contribution in [1.82, 2.24) is 14.5 Å². The maximum absolute atomic E-state index is 6.44. The smallest absolute Gasteiger partial charge is 0.160 e. The van der Waals surface area contributed by atoms with E-state index < -0.39 is 0 Å². The third kappa shape index (κ3) is 3.99. The SMILES string of the molecule is c1ccc2cc3c(cc2c1)c1ccccc1n3-c1ccc2cc(-c3nc(-c4cccc5c4oc4ccccc45)c4ccccc4n3)ccc2c1. The summed E-state index contributed by atoms with van der Waals surface area (Å²) in [5.74, 6) is 0.687. The van der Waals surface area contributed by atoms with Gasteiger partial charge in [-0.25, -0.2) is 9.97 Å². The second-order valence-electron chi connectivity index (χ2n) is 13.0. The largest absolute Gasteiger partial charge is 0.455 e. The third-order valence-electron chi connectivity index (χ3n) is 10.1. The van der Waals surface area contributed by atoms with Crippen LogP contribution in [0.1, 0.15) is 0 Å². The molecule has 0 spiro atoms. The standard InChI is InChI=1S/C46H27N3O/c1-2-11-29-27-42-39(26-28(29)10-1)34-12-4-7-18-41(34)49(42)33-23-22-30-24-32(21-20-31(30)25-33)46-47-40-17-6-3-14-37(40)44(48-46)38-16-9-15-36-35-13-5-8-19-43(35)50-45(36)38/h1-27H. The van der Waals surface area contributed by atoms with Gasteiger partial charge in [-0.3, -0.25) is 0 Å². The number of fused-ring (bicyclic) bond motifs is 9. The Kier molecular flexibility index (Phi) is 5.63. The van der Waals surface area contributed by atoms with E-state index in [-0.39, 0.29) is 0 Å². The van der Waals surface area contributed by atoms with E-state index in [1.54, 1.807) is 0 Å². The van der Waals surface area contributed by atoms with E-state index >= 15 is 0 Å². The van der Waals surface area contributed by atoms with E-state index in [4.69, 9.17) is 14.4 Å². The van der Waals surface area contributed by atoms with Gasteiger partial charge in [-0.05, 0) is 76.1 Å². The first kappa shape index (κ1) is 27.2. The highest BCUT2D eigenvalue weighted by Gasteiger charge is 2.18. The predicted octanol–water partition coefficient (Wildman–Crippen LogP) is 12.3. The summed E-state index contributed by atoms with van der Waals surface area (Å²) in [6.07, 6.45) is 0. The van der Waals surface area contributed by atoms with Crippen LogP contribution < -0.4 is 0 Å². The maximum atomic E-state index is 6.44. The molecule has 0 N–H and O–H groups in total. The number of hydrogen-bond donors (Lipinski definition) is 0. The lowest BCUT2D eigenvalue weighted by atomic mass is 10.0. The van der Waals surface area contributed by atoms with E-state index in [1.807, 2.05) is 24.3 Å². The number of hydrogen-bond acceptors (Lipinski definition) is 3. The number of aromatic nitrogens is 3. The average molecular weight is 638 g/mol. The first-order chi connectivity index (χ1) is 24.8. The molecule has 0 atom stereocenters. The lowest BCUT2D eigenvalue weighted by Crippen LogP contribution is -1.96. The Morgan fingerprint density at radius 3 is 2.06 bits per heavy atom. The molecule has 4 nitrogen and oxygen atoms in total. The number of benzene rings is 8. The van der Waals surface area contributed by atoms with Crippen LogP contribution >= 0.6 is 0 Å². The highest BCUT2D eigenvalue weighted by Crippen LogP contribution is 2.39. The van der Waals surface area contributed by atoms with Gasteiger partial charge in [0.25, 0.3) is 0 Å². The third-order valence-corrected chi connectivity index (χ3v) is 10.1. The molecule has 0 fully saturated rings. The van der Waals surface area contributed by atoms with Crippen molar-refractivity contribution >= 4 is 76.2 Å². The number of nitrogens with zero attached hydrogens (tertiary/aromatic N) is 3. The number of rotatable bonds is 3. The van der Waals surface area contributed by atoms with Crippen molar-refractivity contribution in [3.05, 3.63) is 164 Å². The fourth-order valence-electron chi connectivity index (χ4n) is 7.79. The molecule has 0 saturated carbocycles. The number of para-hydroxylation sites is 4. The Hall–Kier alpha value is -6.78. The lowest BCUT2D eigenvalue weighted by Gasteiger charge is -2.12. The van der Waals surface area contributed by atoms with E-state index in [9.17, 15) is 0 Å². The first-order valence-corrected chi connectivity index (χ1v) is 16.9. The lowest BCUT2D eigenvalue weighted by molar-refractivity contribution is 0.670. The minimum absolute atomic E-state index is 0.687. The molecule has 0 aliphatic carbocycles. The normalized spacial score (nSPS) is 12.0. The van der Waals surface area contributed by atoms with Gasteiger partial charge in [0.15, 0.2) is 5.82 Å². The molecule has 3 heterocycles. The van der Waals surface area contributed by atoms with Gasteiger partial charge < -0.3 is 8.98 Å². The zero-order valence-corrected chi connectivity index (χ0v) is 26.8. The Labute approximate surface area is 286 Å². The fraction of sp³-hybridized carbons (Fsp3) is 0. The van der Waals surface area contributed by atoms with Crippen molar-refractivity contribution in [3.63, 3.8) is 0 Å². The second kappa shape index (κ2) is 10.4.